The first-order valence-corrected chi connectivity index (χ1v) is 12.3. The molecule has 176 valence electrons. The fourth-order valence-corrected chi connectivity index (χ4v) is 5.05. The van der Waals surface area contributed by atoms with Gasteiger partial charge >= 0.3 is 6.09 Å². The second kappa shape index (κ2) is 9.90. The maximum Gasteiger partial charge on any atom is 0.414 e. The second-order valence-electron chi connectivity index (χ2n) is 8.31. The van der Waals surface area contributed by atoms with Gasteiger partial charge < -0.3 is 20.1 Å². The lowest BCUT2D eigenvalue weighted by molar-refractivity contribution is -0.113. The summed E-state index contributed by atoms with van der Waals surface area (Å²) in [4.78, 5) is 31.2. The van der Waals surface area contributed by atoms with E-state index < -0.39 is 0 Å². The predicted molar refractivity (Wildman–Crippen MR) is 133 cm³/mol. The van der Waals surface area contributed by atoms with Crippen molar-refractivity contribution in [2.45, 2.75) is 30.4 Å². The number of cyclic esters (lactones) is 1. The van der Waals surface area contributed by atoms with E-state index in [9.17, 15) is 9.59 Å². The van der Waals surface area contributed by atoms with Gasteiger partial charge in [0.2, 0.25) is 5.91 Å². The average molecular weight is 479 g/mol. The number of pyridine rings is 1. The molecule has 3 heterocycles. The van der Waals surface area contributed by atoms with Crippen molar-refractivity contribution in [2.75, 3.05) is 36.2 Å². The number of fused-ring (bicyclic) bond motifs is 2. The Bertz CT molecular complexity index is 1230. The molecule has 2 aliphatic rings. The molecule has 3 aromatic rings. The second-order valence-corrected chi connectivity index (χ2v) is 9.32. The SMILES string of the molecule is COc1ccc2nccc(CNCCC[C@H]3CN(c4ccc5c(c4)NC(=O)CS5)C(=O)O3)c2c1. The van der Waals surface area contributed by atoms with Crippen LogP contribution in [0.4, 0.5) is 16.2 Å². The van der Waals surface area contributed by atoms with Gasteiger partial charge in [0.25, 0.3) is 0 Å². The molecule has 5 rings (SSSR count). The Morgan fingerprint density at radius 1 is 1.24 bits per heavy atom. The zero-order valence-corrected chi connectivity index (χ0v) is 19.7. The van der Waals surface area contributed by atoms with Crippen molar-refractivity contribution < 1.29 is 19.1 Å². The van der Waals surface area contributed by atoms with E-state index in [0.29, 0.717) is 12.3 Å². The quantitative estimate of drug-likeness (QED) is 0.469. The number of nitrogens with zero attached hydrogens (tertiary/aromatic N) is 2. The smallest absolute Gasteiger partial charge is 0.414 e. The van der Waals surface area contributed by atoms with Gasteiger partial charge in [-0.15, -0.1) is 11.8 Å². The molecule has 0 unspecified atom stereocenters. The van der Waals surface area contributed by atoms with Gasteiger partial charge in [-0.3, -0.25) is 14.7 Å². The van der Waals surface area contributed by atoms with E-state index in [1.165, 1.54) is 17.3 Å². The van der Waals surface area contributed by atoms with Crippen molar-refractivity contribution in [3.8, 4) is 5.75 Å². The van der Waals surface area contributed by atoms with Crippen molar-refractivity contribution in [1.29, 1.82) is 0 Å². The third kappa shape index (κ3) is 4.80. The molecule has 2 N–H and O–H groups in total. The summed E-state index contributed by atoms with van der Waals surface area (Å²) in [6.45, 7) is 2.04. The molecule has 1 fully saturated rings. The van der Waals surface area contributed by atoms with Crippen molar-refractivity contribution in [3.05, 3.63) is 54.2 Å². The molecule has 1 aromatic heterocycles. The van der Waals surface area contributed by atoms with Crippen LogP contribution in [0.1, 0.15) is 18.4 Å². The first-order chi connectivity index (χ1) is 16.6. The van der Waals surface area contributed by atoms with Crippen LogP contribution in [0, 0.1) is 0 Å². The molecule has 0 bridgehead atoms. The molecular formula is C25H26N4O4S. The van der Waals surface area contributed by atoms with E-state index in [1.807, 2.05) is 48.7 Å². The number of benzene rings is 2. The molecule has 0 aliphatic carbocycles. The Balaban J connectivity index is 1.12. The minimum absolute atomic E-state index is 0.0251. The van der Waals surface area contributed by atoms with Crippen LogP contribution in [0.25, 0.3) is 10.9 Å². The average Bonchev–Trinajstić information content (AvgIpc) is 3.23. The molecule has 0 spiro atoms. The number of carbonyl (C=O) groups excluding carboxylic acids is 2. The van der Waals surface area contributed by atoms with Crippen LogP contribution in [0.2, 0.25) is 0 Å². The summed E-state index contributed by atoms with van der Waals surface area (Å²) < 4.78 is 10.9. The van der Waals surface area contributed by atoms with E-state index in [0.717, 1.165) is 58.9 Å². The highest BCUT2D eigenvalue weighted by Gasteiger charge is 2.32. The first-order valence-electron chi connectivity index (χ1n) is 11.3. The van der Waals surface area contributed by atoms with Gasteiger partial charge in [-0.1, -0.05) is 0 Å². The number of anilines is 2. The molecule has 9 heteroatoms. The first kappa shape index (κ1) is 22.5. The Labute approximate surface area is 202 Å². The minimum atomic E-state index is -0.343. The zero-order valence-electron chi connectivity index (χ0n) is 18.9. The van der Waals surface area contributed by atoms with E-state index in [4.69, 9.17) is 9.47 Å². The molecule has 0 saturated carbocycles. The number of aromatic nitrogens is 1. The van der Waals surface area contributed by atoms with Gasteiger partial charge in [0.05, 0.1) is 30.6 Å². The lowest BCUT2D eigenvalue weighted by atomic mass is 10.1. The molecule has 2 amide bonds. The summed E-state index contributed by atoms with van der Waals surface area (Å²) in [6, 6.07) is 13.6. The van der Waals surface area contributed by atoms with Gasteiger partial charge in [0.1, 0.15) is 11.9 Å². The van der Waals surface area contributed by atoms with Crippen LogP contribution in [0.3, 0.4) is 0 Å². The molecular weight excluding hydrogens is 452 g/mol. The number of hydrogen-bond acceptors (Lipinski definition) is 7. The van der Waals surface area contributed by atoms with Crippen LogP contribution in [-0.2, 0) is 16.1 Å². The van der Waals surface area contributed by atoms with E-state index in [-0.39, 0.29) is 18.1 Å². The van der Waals surface area contributed by atoms with Crippen molar-refractivity contribution in [2.24, 2.45) is 0 Å². The molecule has 1 atom stereocenters. The number of carbonyl (C=O) groups is 2. The van der Waals surface area contributed by atoms with Crippen LogP contribution in [0.5, 0.6) is 5.75 Å². The summed E-state index contributed by atoms with van der Waals surface area (Å²) in [6.07, 6.45) is 2.99. The summed E-state index contributed by atoms with van der Waals surface area (Å²) >= 11 is 1.50. The van der Waals surface area contributed by atoms with Gasteiger partial charge in [-0.2, -0.15) is 0 Å². The van der Waals surface area contributed by atoms with Gasteiger partial charge in [0, 0.05) is 28.7 Å². The standard InChI is InChI=1S/C25H26N4O4S/c1-32-18-5-6-21-20(12-18)16(8-10-27-21)13-26-9-2-3-19-14-29(25(31)33-19)17-4-7-23-22(11-17)28-24(30)15-34-23/h4-8,10-12,19,26H,2-3,9,13-15H2,1H3,(H,28,30)/t19-/m0/s1. The number of thioether (sulfide) groups is 1. The van der Waals surface area contributed by atoms with Crippen LogP contribution >= 0.6 is 11.8 Å². The molecule has 8 nitrogen and oxygen atoms in total. The summed E-state index contributed by atoms with van der Waals surface area (Å²) in [5.74, 6) is 1.21. The highest BCUT2D eigenvalue weighted by atomic mass is 32.2. The lowest BCUT2D eigenvalue weighted by Crippen LogP contribution is -2.25. The monoisotopic (exact) mass is 478 g/mol. The maximum atomic E-state index is 12.4. The summed E-state index contributed by atoms with van der Waals surface area (Å²) in [5.41, 5.74) is 3.60. The number of nitrogens with one attached hydrogen (secondary N) is 2. The van der Waals surface area contributed by atoms with Crippen molar-refractivity contribution >= 4 is 46.0 Å². The van der Waals surface area contributed by atoms with Gasteiger partial charge in [-0.25, -0.2) is 4.79 Å². The van der Waals surface area contributed by atoms with Gasteiger partial charge in [-0.05, 0) is 67.4 Å². The third-order valence-electron chi connectivity index (χ3n) is 6.02. The molecule has 2 aromatic carbocycles. The van der Waals surface area contributed by atoms with Crippen LogP contribution < -0.4 is 20.3 Å². The van der Waals surface area contributed by atoms with Crippen LogP contribution in [-0.4, -0.2) is 49.0 Å². The van der Waals surface area contributed by atoms with E-state index in [1.54, 1.807) is 12.0 Å². The maximum absolute atomic E-state index is 12.4. The molecule has 2 aliphatic heterocycles. The normalized spacial score (nSPS) is 17.4. The largest absolute Gasteiger partial charge is 0.497 e. The lowest BCUT2D eigenvalue weighted by Gasteiger charge is -2.20. The van der Waals surface area contributed by atoms with E-state index >= 15 is 0 Å². The molecule has 1 saturated heterocycles. The number of amides is 2. The molecule has 0 radical (unpaired) electrons. The van der Waals surface area contributed by atoms with Crippen LogP contribution in [0.15, 0.2) is 53.6 Å². The highest BCUT2D eigenvalue weighted by Crippen LogP contribution is 2.35. The number of ether oxygens (including phenoxy) is 2. The number of rotatable bonds is 8. The van der Waals surface area contributed by atoms with E-state index in [2.05, 4.69) is 15.6 Å². The third-order valence-corrected chi connectivity index (χ3v) is 7.09. The number of methoxy groups -OCH3 is 1. The topological polar surface area (TPSA) is 92.8 Å². The fourth-order valence-electron chi connectivity index (χ4n) is 4.26. The highest BCUT2D eigenvalue weighted by molar-refractivity contribution is 8.00. The Morgan fingerprint density at radius 3 is 3.03 bits per heavy atom. The summed E-state index contributed by atoms with van der Waals surface area (Å²) in [7, 11) is 1.66. The van der Waals surface area contributed by atoms with Gasteiger partial charge in [0.15, 0.2) is 0 Å². The van der Waals surface area contributed by atoms with Crippen molar-refractivity contribution in [1.82, 2.24) is 10.3 Å². The number of hydrogen-bond donors (Lipinski definition) is 2. The molecule has 34 heavy (non-hydrogen) atoms. The minimum Gasteiger partial charge on any atom is -0.497 e. The Kier molecular flexibility index (Phi) is 6.55. The fraction of sp³-hybridized carbons (Fsp3) is 0.320. The zero-order chi connectivity index (χ0) is 23.5. The Morgan fingerprint density at radius 2 is 2.15 bits per heavy atom. The van der Waals surface area contributed by atoms with Crippen molar-refractivity contribution in [3.63, 3.8) is 0 Å². The predicted octanol–water partition coefficient (Wildman–Crippen LogP) is 4.18. The summed E-state index contributed by atoms with van der Waals surface area (Å²) in [5, 5.41) is 7.43. The Hall–Kier alpha value is -3.30.